The number of nitrogens with one attached hydrogen (secondary N) is 3. The number of aliphatic hydroxyl groups excluding tert-OH is 1. The Morgan fingerprint density at radius 3 is 2.59 bits per heavy atom. The van der Waals surface area contributed by atoms with Gasteiger partial charge in [-0.15, -0.1) is 0 Å². The van der Waals surface area contributed by atoms with Crippen LogP contribution in [0.4, 0.5) is 5.69 Å². The van der Waals surface area contributed by atoms with Crippen molar-refractivity contribution in [2.24, 2.45) is 11.8 Å². The number of carbonyl (C=O) groups is 1. The molecule has 7 nitrogen and oxygen atoms in total. The van der Waals surface area contributed by atoms with E-state index in [-0.39, 0.29) is 24.0 Å². The largest absolute Gasteiger partial charge is 0.393 e. The van der Waals surface area contributed by atoms with Crippen LogP contribution in [0.3, 0.4) is 0 Å². The molecule has 1 aromatic rings. The quantitative estimate of drug-likeness (QED) is 0.304. The number of likely N-dealkylation sites (tertiary alicyclic amines) is 1. The molecule has 0 spiro atoms. The number of hydrogen-bond acceptors (Lipinski definition) is 5. The van der Waals surface area contributed by atoms with Crippen LogP contribution in [-0.2, 0) is 4.79 Å². The summed E-state index contributed by atoms with van der Waals surface area (Å²) in [4.78, 5) is 14.6. The number of aliphatic hydroxyl groups is 1. The lowest BCUT2D eigenvalue weighted by Gasteiger charge is -2.35. The van der Waals surface area contributed by atoms with Gasteiger partial charge in [0.05, 0.1) is 23.6 Å². The normalized spacial score (nSPS) is 18.8. The van der Waals surface area contributed by atoms with Crippen molar-refractivity contribution >= 4 is 17.4 Å². The Labute approximate surface area is 204 Å². The highest BCUT2D eigenvalue weighted by atomic mass is 16.3. The second kappa shape index (κ2) is 12.8. The number of benzene rings is 1. The fourth-order valence-corrected chi connectivity index (χ4v) is 5.25. The van der Waals surface area contributed by atoms with Crippen molar-refractivity contribution in [1.29, 1.82) is 10.7 Å². The summed E-state index contributed by atoms with van der Waals surface area (Å²) in [5.41, 5.74) is 2.69. The van der Waals surface area contributed by atoms with Gasteiger partial charge in [0.15, 0.2) is 0 Å². The number of nitrogens with zero attached hydrogens (tertiary/aromatic N) is 2. The van der Waals surface area contributed by atoms with Crippen LogP contribution in [0.2, 0.25) is 0 Å². The van der Waals surface area contributed by atoms with Crippen LogP contribution < -0.4 is 10.6 Å². The molecule has 2 unspecified atom stereocenters. The summed E-state index contributed by atoms with van der Waals surface area (Å²) in [7, 11) is 0. The molecule has 3 rings (SSSR count). The third kappa shape index (κ3) is 7.20. The number of aryl methyl sites for hydroxylation is 1. The molecule has 1 aliphatic heterocycles. The highest BCUT2D eigenvalue weighted by Crippen LogP contribution is 2.32. The predicted molar refractivity (Wildman–Crippen MR) is 136 cm³/mol. The summed E-state index contributed by atoms with van der Waals surface area (Å²) in [6, 6.07) is 8.31. The van der Waals surface area contributed by atoms with E-state index in [9.17, 15) is 15.2 Å². The maximum absolute atomic E-state index is 12.5. The van der Waals surface area contributed by atoms with Gasteiger partial charge < -0.3 is 20.6 Å². The molecule has 7 heteroatoms. The number of piperidine rings is 1. The van der Waals surface area contributed by atoms with Crippen molar-refractivity contribution in [3.05, 3.63) is 29.3 Å². The van der Waals surface area contributed by atoms with E-state index >= 15 is 0 Å². The molecule has 0 aromatic heterocycles. The molecule has 1 saturated carbocycles. The van der Waals surface area contributed by atoms with Gasteiger partial charge in [-0.1, -0.05) is 19.8 Å². The fourth-order valence-electron chi connectivity index (χ4n) is 5.25. The van der Waals surface area contributed by atoms with Crippen LogP contribution in [-0.4, -0.2) is 53.5 Å². The Balaban J connectivity index is 1.52. The molecule has 1 saturated heterocycles. The molecular formula is C27H41N5O2. The first-order valence-corrected chi connectivity index (χ1v) is 13.0. The summed E-state index contributed by atoms with van der Waals surface area (Å²) < 4.78 is 0. The first kappa shape index (κ1) is 26.0. The number of nitriles is 1. The molecule has 0 bridgehead atoms. The first-order valence-electron chi connectivity index (χ1n) is 13.0. The van der Waals surface area contributed by atoms with Crippen LogP contribution in [0.15, 0.2) is 18.2 Å². The zero-order valence-electron chi connectivity index (χ0n) is 20.8. The third-order valence-corrected chi connectivity index (χ3v) is 7.58. The molecule has 1 heterocycles. The summed E-state index contributed by atoms with van der Waals surface area (Å²) in [5.74, 6) is 1.28. The van der Waals surface area contributed by atoms with E-state index in [0.717, 1.165) is 37.2 Å². The average Bonchev–Trinajstić information content (AvgIpc) is 3.38. The van der Waals surface area contributed by atoms with Gasteiger partial charge in [0, 0.05) is 43.7 Å². The van der Waals surface area contributed by atoms with E-state index in [4.69, 9.17) is 5.41 Å². The second-order valence-electron chi connectivity index (χ2n) is 9.99. The van der Waals surface area contributed by atoms with Gasteiger partial charge >= 0.3 is 0 Å². The summed E-state index contributed by atoms with van der Waals surface area (Å²) in [6.07, 6.45) is 8.04. The van der Waals surface area contributed by atoms with Crippen LogP contribution >= 0.6 is 0 Å². The average molecular weight is 468 g/mol. The van der Waals surface area contributed by atoms with Gasteiger partial charge in [-0.05, 0) is 75.1 Å². The standard InChI is InChI=1S/C27H41N5O2/c1-3-24(33)10-13-30-27(34)21-11-14-32(15-12-21)26(29)17-25(20-6-4-5-7-20)31-23-9-8-22(18-28)19(2)16-23/h8-9,16,20-21,24-25,29,31,33H,3-7,10-15,17H2,1-2H3,(H,30,34). The maximum atomic E-state index is 12.5. The minimum atomic E-state index is -0.350. The van der Waals surface area contributed by atoms with Crippen molar-refractivity contribution < 1.29 is 9.90 Å². The zero-order valence-corrected chi connectivity index (χ0v) is 20.8. The van der Waals surface area contributed by atoms with E-state index in [1.165, 1.54) is 25.7 Å². The van der Waals surface area contributed by atoms with E-state index in [1.807, 2.05) is 32.0 Å². The van der Waals surface area contributed by atoms with Gasteiger partial charge in [-0.2, -0.15) is 5.26 Å². The highest BCUT2D eigenvalue weighted by molar-refractivity contribution is 5.82. The monoisotopic (exact) mass is 467 g/mol. The van der Waals surface area contributed by atoms with E-state index in [2.05, 4.69) is 21.6 Å². The summed E-state index contributed by atoms with van der Waals surface area (Å²) in [6.45, 7) is 5.90. The Kier molecular flexibility index (Phi) is 9.76. The van der Waals surface area contributed by atoms with Gasteiger partial charge in [0.2, 0.25) is 5.91 Å². The molecule has 34 heavy (non-hydrogen) atoms. The van der Waals surface area contributed by atoms with Crippen molar-refractivity contribution in [3.8, 4) is 6.07 Å². The van der Waals surface area contributed by atoms with Crippen LogP contribution in [0.25, 0.3) is 0 Å². The lowest BCUT2D eigenvalue weighted by Crippen LogP contribution is -2.45. The number of amidine groups is 1. The number of hydrogen-bond donors (Lipinski definition) is 4. The maximum Gasteiger partial charge on any atom is 0.223 e. The number of rotatable bonds is 10. The molecule has 1 aromatic carbocycles. The topological polar surface area (TPSA) is 112 Å². The molecule has 1 amide bonds. The molecule has 2 aliphatic rings. The van der Waals surface area contributed by atoms with E-state index < -0.39 is 0 Å². The van der Waals surface area contributed by atoms with Gasteiger partial charge in [-0.3, -0.25) is 10.2 Å². The minimum absolute atomic E-state index is 0.00630. The van der Waals surface area contributed by atoms with Gasteiger partial charge in [0.1, 0.15) is 0 Å². The lowest BCUT2D eigenvalue weighted by molar-refractivity contribution is -0.126. The molecule has 186 valence electrons. The lowest BCUT2D eigenvalue weighted by atomic mass is 9.92. The van der Waals surface area contributed by atoms with Crippen LogP contribution in [0.5, 0.6) is 0 Å². The SMILES string of the molecule is CCC(O)CCNC(=O)C1CCN(C(=N)CC(Nc2ccc(C#N)c(C)c2)C2CCCC2)CC1. The molecule has 2 atom stereocenters. The fraction of sp³-hybridized carbons (Fsp3) is 0.667. The Hall–Kier alpha value is -2.59. The number of amides is 1. The van der Waals surface area contributed by atoms with E-state index in [1.54, 1.807) is 0 Å². The van der Waals surface area contributed by atoms with Crippen LogP contribution in [0.1, 0.15) is 75.8 Å². The van der Waals surface area contributed by atoms with Crippen molar-refractivity contribution in [2.45, 2.75) is 83.8 Å². The first-order chi connectivity index (χ1) is 16.4. The van der Waals surface area contributed by atoms with Crippen LogP contribution in [0, 0.1) is 35.5 Å². The molecule has 0 radical (unpaired) electrons. The predicted octanol–water partition coefficient (Wildman–Crippen LogP) is 4.19. The zero-order chi connectivity index (χ0) is 24.5. The number of anilines is 1. The van der Waals surface area contributed by atoms with E-state index in [0.29, 0.717) is 43.1 Å². The number of carbonyl (C=O) groups excluding carboxylic acids is 1. The Morgan fingerprint density at radius 1 is 1.26 bits per heavy atom. The van der Waals surface area contributed by atoms with Crippen molar-refractivity contribution in [3.63, 3.8) is 0 Å². The van der Waals surface area contributed by atoms with Crippen molar-refractivity contribution in [2.75, 3.05) is 25.0 Å². The molecule has 2 fully saturated rings. The Bertz CT molecular complexity index is 866. The Morgan fingerprint density at radius 2 is 1.97 bits per heavy atom. The molecular weight excluding hydrogens is 426 g/mol. The summed E-state index contributed by atoms with van der Waals surface area (Å²) >= 11 is 0. The minimum Gasteiger partial charge on any atom is -0.393 e. The second-order valence-corrected chi connectivity index (χ2v) is 9.99. The van der Waals surface area contributed by atoms with Gasteiger partial charge in [-0.25, -0.2) is 0 Å². The molecule has 4 N–H and O–H groups in total. The molecule has 1 aliphatic carbocycles. The van der Waals surface area contributed by atoms with Crippen molar-refractivity contribution in [1.82, 2.24) is 10.2 Å². The third-order valence-electron chi connectivity index (χ3n) is 7.58. The highest BCUT2D eigenvalue weighted by Gasteiger charge is 2.30. The summed E-state index contributed by atoms with van der Waals surface area (Å²) in [5, 5.41) is 34.3. The van der Waals surface area contributed by atoms with Gasteiger partial charge in [0.25, 0.3) is 0 Å². The smallest absolute Gasteiger partial charge is 0.223 e.